The van der Waals surface area contributed by atoms with Gasteiger partial charge in [0.05, 0.1) is 22.8 Å². The van der Waals surface area contributed by atoms with Crippen LogP contribution in [0.5, 0.6) is 0 Å². The van der Waals surface area contributed by atoms with Crippen molar-refractivity contribution in [3.05, 3.63) is 159 Å². The van der Waals surface area contributed by atoms with E-state index >= 15 is 0 Å². The van der Waals surface area contributed by atoms with Crippen molar-refractivity contribution in [1.82, 2.24) is 19.9 Å². The van der Waals surface area contributed by atoms with E-state index in [1.54, 1.807) is 0 Å². The molecule has 0 atom stereocenters. The van der Waals surface area contributed by atoms with Gasteiger partial charge in [0.1, 0.15) is 0 Å². The van der Waals surface area contributed by atoms with E-state index in [2.05, 4.69) is 19.9 Å². The first-order chi connectivity index (χ1) is 19.2. The number of rotatable bonds is 2. The van der Waals surface area contributed by atoms with Gasteiger partial charge in [-0.15, -0.1) is 0 Å². The second-order valence-corrected chi connectivity index (χ2v) is 7.24. The minimum absolute atomic E-state index is 0. The molecule has 0 spiro atoms. The van der Waals surface area contributed by atoms with Crippen molar-refractivity contribution in [3.8, 4) is 22.8 Å². The normalized spacial score (nSPS) is 7.52. The van der Waals surface area contributed by atoms with Gasteiger partial charge in [0.15, 0.2) is 0 Å². The van der Waals surface area contributed by atoms with Gasteiger partial charge in [-0.3, -0.25) is 39.6 Å². The molecule has 0 aliphatic rings. The predicted molar refractivity (Wildman–Crippen MR) is 154 cm³/mol. The molecule has 0 aromatic carbocycles. The molecule has 4 rings (SSSR count). The summed E-state index contributed by atoms with van der Waals surface area (Å²) in [6.45, 7) is 8.11. The molecule has 16 nitrogen and oxygen atoms in total. The molecule has 0 unspecified atom stereocenters. The zero-order valence-corrected chi connectivity index (χ0v) is 24.7. The fraction of sp³-hybridized carbons (Fsp3) is 0.167. The van der Waals surface area contributed by atoms with Crippen LogP contribution in [0.25, 0.3) is 86.7 Å². The second kappa shape index (κ2) is 28.8. The van der Waals surface area contributed by atoms with E-state index in [1.165, 1.54) is 41.9 Å². The number of aromatic nitrogens is 4. The first kappa shape index (κ1) is 43.9. The summed E-state index contributed by atoms with van der Waals surface area (Å²) in [6, 6.07) is 16.2. The summed E-state index contributed by atoms with van der Waals surface area (Å²) in [4.78, 5) is 23.3. The molecule has 18 heteroatoms. The zero-order chi connectivity index (χ0) is 30.8. The predicted octanol–water partition coefficient (Wildman–Crippen LogP) is 8.98. The van der Waals surface area contributed by atoms with Gasteiger partial charge in [-0.1, -0.05) is 24.3 Å². The van der Waals surface area contributed by atoms with Crippen LogP contribution in [0.4, 0.5) is 0 Å². The fourth-order valence-electron chi connectivity index (χ4n) is 2.48. The first-order valence-corrected chi connectivity index (χ1v) is 10.8. The van der Waals surface area contributed by atoms with E-state index in [1.807, 2.05) is 101 Å². The standard InChI is InChI=1S/2C12H12N2.4N3.2Ni/c2*1-9-3-5-11(13-7-9)12-6-4-10(2)8-14-12;4*1-3-2;;/h2*3-8H,1-2H3;;;;;;/q;;4*-1;2*+2. The van der Waals surface area contributed by atoms with Crippen LogP contribution in [-0.4, -0.2) is 19.9 Å². The molecule has 0 saturated heterocycles. The Labute approximate surface area is 262 Å². The van der Waals surface area contributed by atoms with Gasteiger partial charge in [0.25, 0.3) is 0 Å². The summed E-state index contributed by atoms with van der Waals surface area (Å²) in [7, 11) is 0. The van der Waals surface area contributed by atoms with Crippen molar-refractivity contribution in [2.24, 2.45) is 0 Å². The van der Waals surface area contributed by atoms with Gasteiger partial charge in [-0.05, 0) is 74.2 Å². The Bertz CT molecular complexity index is 1160. The van der Waals surface area contributed by atoms with E-state index < -0.39 is 0 Å². The Kier molecular flexibility index (Phi) is 30.1. The Morgan fingerprint density at radius 2 is 0.500 bits per heavy atom. The van der Waals surface area contributed by atoms with Crippen LogP contribution in [-0.2, 0) is 33.0 Å². The number of nitrogens with zero attached hydrogens (tertiary/aromatic N) is 16. The summed E-state index contributed by atoms with van der Waals surface area (Å²) >= 11 is 0. The molecule has 220 valence electrons. The molecule has 0 radical (unpaired) electrons. The van der Waals surface area contributed by atoms with E-state index in [9.17, 15) is 0 Å². The SMILES string of the molecule is Cc1ccc(-c2ccc(C)cn2)nc1.Cc1ccc(-c2ccc(C)cn2)nc1.[N-]=[N+]=[N-].[N-]=[N+]=[N-].[N-]=[N+]=[N-].[N-]=[N+]=[N-].[Ni+2].[Ni+2]. The second-order valence-electron chi connectivity index (χ2n) is 7.24. The van der Waals surface area contributed by atoms with Gasteiger partial charge in [-0.2, -0.15) is 0 Å². The van der Waals surface area contributed by atoms with Crippen molar-refractivity contribution in [3.63, 3.8) is 0 Å². The van der Waals surface area contributed by atoms with Crippen molar-refractivity contribution in [2.75, 3.05) is 0 Å². The average Bonchev–Trinajstić information content (AvgIpc) is 2.93. The van der Waals surface area contributed by atoms with Crippen molar-refractivity contribution < 1.29 is 33.0 Å². The third-order valence-electron chi connectivity index (χ3n) is 4.17. The summed E-state index contributed by atoms with van der Waals surface area (Å²) in [6.07, 6.45) is 7.43. The monoisotopic (exact) mass is 652 g/mol. The van der Waals surface area contributed by atoms with Crippen molar-refractivity contribution in [1.29, 1.82) is 0 Å². The Balaban J connectivity index is -0.000000243. The summed E-state index contributed by atoms with van der Waals surface area (Å²) < 4.78 is 0. The number of hydrogen-bond donors (Lipinski definition) is 0. The summed E-state index contributed by atoms with van der Waals surface area (Å²) in [5.41, 5.74) is 62.4. The molecular formula is C24H24N16Ni2. The number of hydrogen-bond acceptors (Lipinski definition) is 4. The maximum absolute atomic E-state index is 6.75. The Hall–Kier alpha value is -5.17. The van der Waals surface area contributed by atoms with Crippen LogP contribution in [0.3, 0.4) is 0 Å². The van der Waals surface area contributed by atoms with Crippen LogP contribution in [0.15, 0.2) is 73.3 Å². The molecule has 0 aliphatic heterocycles. The largest absolute Gasteiger partial charge is 2.00 e. The third kappa shape index (κ3) is 21.7. The molecular weight excluding hydrogens is 630 g/mol. The van der Waals surface area contributed by atoms with E-state index in [0.29, 0.717) is 0 Å². The Morgan fingerprint density at radius 1 is 0.357 bits per heavy atom. The zero-order valence-electron chi connectivity index (χ0n) is 22.7. The average molecular weight is 654 g/mol. The smallest absolute Gasteiger partial charge is 0.373 e. The maximum atomic E-state index is 6.75. The van der Waals surface area contributed by atoms with Crippen molar-refractivity contribution >= 4 is 0 Å². The molecule has 0 N–H and O–H groups in total. The first-order valence-electron chi connectivity index (χ1n) is 10.8. The van der Waals surface area contributed by atoms with Crippen LogP contribution < -0.4 is 0 Å². The molecule has 0 bridgehead atoms. The molecule has 0 saturated carbocycles. The van der Waals surface area contributed by atoms with Crippen LogP contribution in [0.1, 0.15) is 22.3 Å². The third-order valence-corrected chi connectivity index (χ3v) is 4.17. The minimum atomic E-state index is 0. The number of aryl methyl sites for hydroxylation is 4. The van der Waals surface area contributed by atoms with E-state index in [4.69, 9.17) is 44.2 Å². The molecule has 0 aliphatic carbocycles. The molecule has 4 aromatic rings. The summed E-state index contributed by atoms with van der Waals surface area (Å²) in [5.74, 6) is 0. The summed E-state index contributed by atoms with van der Waals surface area (Å²) in [5, 5.41) is 0. The molecule has 4 aromatic heterocycles. The quantitative estimate of drug-likeness (QED) is 0.0884. The van der Waals surface area contributed by atoms with Gasteiger partial charge in [0.2, 0.25) is 0 Å². The molecule has 0 amide bonds. The molecule has 0 fully saturated rings. The fourth-order valence-corrected chi connectivity index (χ4v) is 2.48. The Morgan fingerprint density at radius 3 is 0.595 bits per heavy atom. The van der Waals surface area contributed by atoms with E-state index in [-0.39, 0.29) is 33.0 Å². The van der Waals surface area contributed by atoms with Crippen molar-refractivity contribution in [2.45, 2.75) is 27.7 Å². The molecule has 4 heterocycles. The van der Waals surface area contributed by atoms with Gasteiger partial charge in [0, 0.05) is 24.8 Å². The minimum Gasteiger partial charge on any atom is -0.373 e. The molecule has 42 heavy (non-hydrogen) atoms. The van der Waals surface area contributed by atoms with Crippen LogP contribution in [0, 0.1) is 27.7 Å². The van der Waals surface area contributed by atoms with Crippen LogP contribution >= 0.6 is 0 Å². The van der Waals surface area contributed by atoms with Gasteiger partial charge >= 0.3 is 33.0 Å². The van der Waals surface area contributed by atoms with Gasteiger partial charge < -0.3 is 44.2 Å². The van der Waals surface area contributed by atoms with Crippen LogP contribution in [0.2, 0.25) is 0 Å². The number of pyridine rings is 4. The van der Waals surface area contributed by atoms with E-state index in [0.717, 1.165) is 22.8 Å². The van der Waals surface area contributed by atoms with Gasteiger partial charge in [-0.25, -0.2) is 0 Å². The topological polar surface area (TPSA) is 286 Å². The maximum Gasteiger partial charge on any atom is 2.00 e.